The second-order valence-electron chi connectivity index (χ2n) is 10.2. The summed E-state index contributed by atoms with van der Waals surface area (Å²) in [6, 6.07) is 15.4. The summed E-state index contributed by atoms with van der Waals surface area (Å²) in [5, 5.41) is 9.66. The minimum absolute atomic E-state index is 0.0276. The highest BCUT2D eigenvalue weighted by Crippen LogP contribution is 2.27. The third-order valence-electron chi connectivity index (χ3n) is 7.47. The quantitative estimate of drug-likeness (QED) is 0.467. The number of halogens is 1. The highest BCUT2D eigenvalue weighted by Gasteiger charge is 2.31. The maximum atomic E-state index is 13.4. The normalized spacial score (nSPS) is 20.6. The lowest BCUT2D eigenvalue weighted by Crippen LogP contribution is -2.49. The van der Waals surface area contributed by atoms with Crippen LogP contribution in [0.4, 0.5) is 5.69 Å². The first kappa shape index (κ1) is 26.9. The van der Waals surface area contributed by atoms with E-state index < -0.39 is 5.97 Å². The van der Waals surface area contributed by atoms with Crippen LogP contribution in [-0.4, -0.2) is 71.6 Å². The van der Waals surface area contributed by atoms with E-state index in [9.17, 15) is 9.59 Å². The van der Waals surface area contributed by atoms with E-state index in [0.717, 1.165) is 30.1 Å². The molecule has 0 aromatic heterocycles. The van der Waals surface area contributed by atoms with Crippen LogP contribution in [0.15, 0.2) is 82.3 Å². The fourth-order valence-corrected chi connectivity index (χ4v) is 5.47. The minimum atomic E-state index is -0.796. The van der Waals surface area contributed by atoms with Crippen molar-refractivity contribution in [1.82, 2.24) is 4.90 Å². The van der Waals surface area contributed by atoms with E-state index in [4.69, 9.17) is 26.7 Å². The van der Waals surface area contributed by atoms with Gasteiger partial charge in [0, 0.05) is 54.4 Å². The van der Waals surface area contributed by atoms with Crippen LogP contribution in [0.2, 0.25) is 5.02 Å². The fraction of sp³-hybridized carbons (Fsp3) is 0.355. The number of piperazine rings is 1. The Morgan fingerprint density at radius 1 is 0.974 bits per heavy atom. The number of carboxylic acid groups (broad SMARTS) is 1. The van der Waals surface area contributed by atoms with Crippen LogP contribution < -0.4 is 4.90 Å². The Morgan fingerprint density at radius 3 is 2.44 bits per heavy atom. The van der Waals surface area contributed by atoms with E-state index in [1.807, 2.05) is 53.5 Å². The Labute approximate surface area is 234 Å². The number of anilines is 1. The molecule has 1 N–H and O–H groups in total. The van der Waals surface area contributed by atoms with Crippen molar-refractivity contribution in [3.8, 4) is 0 Å². The largest absolute Gasteiger partial charge is 0.481 e. The highest BCUT2D eigenvalue weighted by molar-refractivity contribution is 6.49. The van der Waals surface area contributed by atoms with Crippen LogP contribution in [0.5, 0.6) is 0 Å². The number of aliphatic carboxylic acids is 1. The van der Waals surface area contributed by atoms with E-state index in [1.54, 1.807) is 0 Å². The molecule has 2 atom stereocenters. The third kappa shape index (κ3) is 6.31. The van der Waals surface area contributed by atoms with Gasteiger partial charge in [-0.25, -0.2) is 0 Å². The van der Waals surface area contributed by atoms with Gasteiger partial charge in [0.1, 0.15) is 0 Å². The van der Waals surface area contributed by atoms with Crippen molar-refractivity contribution >= 4 is 40.6 Å². The average Bonchev–Trinajstić information content (AvgIpc) is 2.95. The smallest absolute Gasteiger partial charge is 0.303 e. The lowest BCUT2D eigenvalue weighted by atomic mass is 9.92. The summed E-state index contributed by atoms with van der Waals surface area (Å²) < 4.78 is 0. The van der Waals surface area contributed by atoms with Gasteiger partial charge in [0.05, 0.1) is 23.5 Å². The first-order valence-electron chi connectivity index (χ1n) is 13.5. The first-order valence-corrected chi connectivity index (χ1v) is 13.9. The summed E-state index contributed by atoms with van der Waals surface area (Å²) >= 11 is 6.10. The Balaban J connectivity index is 1.30. The minimum Gasteiger partial charge on any atom is -0.481 e. The van der Waals surface area contributed by atoms with Gasteiger partial charge in [-0.15, -0.1) is 0 Å². The number of carboxylic acids is 1. The van der Waals surface area contributed by atoms with Crippen LogP contribution in [-0.2, 0) is 9.59 Å². The maximum absolute atomic E-state index is 13.4. The molecule has 3 aliphatic rings. The van der Waals surface area contributed by atoms with Gasteiger partial charge < -0.3 is 14.9 Å². The monoisotopic (exact) mass is 544 g/mol. The number of rotatable bonds is 8. The number of fused-ring (bicyclic) bond motifs is 1. The molecule has 2 aromatic carbocycles. The zero-order valence-corrected chi connectivity index (χ0v) is 22.8. The van der Waals surface area contributed by atoms with Crippen molar-refractivity contribution in [1.29, 1.82) is 0 Å². The number of aliphatic imine (C=N–C) groups is 2. The van der Waals surface area contributed by atoms with E-state index in [2.05, 4.69) is 30.0 Å². The second-order valence-corrected chi connectivity index (χ2v) is 10.6. The van der Waals surface area contributed by atoms with Crippen molar-refractivity contribution in [2.75, 3.05) is 31.1 Å². The lowest BCUT2D eigenvalue weighted by Gasteiger charge is -2.37. The number of benzene rings is 2. The lowest BCUT2D eigenvalue weighted by molar-refractivity contribution is -0.137. The predicted octanol–water partition coefficient (Wildman–Crippen LogP) is 5.12. The Morgan fingerprint density at radius 2 is 1.72 bits per heavy atom. The topological polar surface area (TPSA) is 85.6 Å². The summed E-state index contributed by atoms with van der Waals surface area (Å²) in [4.78, 5) is 38.7. The van der Waals surface area contributed by atoms with E-state index in [-0.39, 0.29) is 24.4 Å². The predicted molar refractivity (Wildman–Crippen MR) is 156 cm³/mol. The van der Waals surface area contributed by atoms with Crippen LogP contribution in [0.1, 0.15) is 36.8 Å². The summed E-state index contributed by atoms with van der Waals surface area (Å²) in [6.07, 6.45) is 7.83. The molecule has 2 aromatic rings. The van der Waals surface area contributed by atoms with Crippen LogP contribution >= 0.6 is 11.6 Å². The molecule has 8 heteroatoms. The third-order valence-corrected chi connectivity index (χ3v) is 7.72. The molecule has 7 nitrogen and oxygen atoms in total. The molecule has 202 valence electrons. The molecular formula is C31H33ClN4O3. The van der Waals surface area contributed by atoms with Crippen LogP contribution in [0.3, 0.4) is 0 Å². The Kier molecular flexibility index (Phi) is 8.27. The summed E-state index contributed by atoms with van der Waals surface area (Å²) in [7, 11) is 0. The summed E-state index contributed by atoms with van der Waals surface area (Å²) in [5.74, 6) is -0.768. The number of carbonyl (C=O) groups excluding carboxylic acids is 1. The SMILES string of the molecule is Cc1ccccc1N1CCN(C(=O)C2=CC3N=C(CCCCC(=O)O)C(c4ccc(Cl)cc4)=NC3C=C2)CC1. The number of hydrogen-bond acceptors (Lipinski definition) is 5. The van der Waals surface area contributed by atoms with Gasteiger partial charge in [0.2, 0.25) is 0 Å². The van der Waals surface area contributed by atoms with Gasteiger partial charge in [-0.05, 0) is 56.0 Å². The molecule has 0 spiro atoms. The summed E-state index contributed by atoms with van der Waals surface area (Å²) in [6.45, 7) is 5.06. The van der Waals surface area contributed by atoms with E-state index in [0.29, 0.717) is 42.9 Å². The van der Waals surface area contributed by atoms with Crippen LogP contribution in [0, 0.1) is 6.92 Å². The number of aryl methyl sites for hydroxylation is 1. The number of carbonyl (C=O) groups is 2. The molecule has 2 aliphatic heterocycles. The van der Waals surface area contributed by atoms with Crippen molar-refractivity contribution < 1.29 is 14.7 Å². The van der Waals surface area contributed by atoms with E-state index in [1.165, 1.54) is 11.3 Å². The molecule has 2 heterocycles. The van der Waals surface area contributed by atoms with Gasteiger partial charge in [-0.2, -0.15) is 0 Å². The van der Waals surface area contributed by atoms with Gasteiger partial charge >= 0.3 is 5.97 Å². The average molecular weight is 545 g/mol. The maximum Gasteiger partial charge on any atom is 0.303 e. The Bertz CT molecular complexity index is 1350. The standard InChI is InChI=1S/C31H33ClN4O3/c1-21-6-2-4-8-28(21)35-16-18-36(19-17-35)31(39)23-12-15-25-27(20-23)33-26(7-3-5-9-29(37)38)30(34-25)22-10-13-24(32)14-11-22/h2,4,6,8,10-15,20,25,27H,3,5,7,9,16-19H2,1H3,(H,37,38). The fourth-order valence-electron chi connectivity index (χ4n) is 5.35. The van der Waals surface area contributed by atoms with Gasteiger partial charge in [-0.1, -0.05) is 54.1 Å². The number of hydrogen-bond donors (Lipinski definition) is 1. The van der Waals surface area contributed by atoms with Crippen molar-refractivity contribution in [2.45, 2.75) is 44.7 Å². The molecule has 0 saturated carbocycles. The Hall–Kier alpha value is -3.71. The molecule has 0 bridgehead atoms. The zero-order valence-electron chi connectivity index (χ0n) is 22.1. The first-order chi connectivity index (χ1) is 18.9. The molecule has 1 fully saturated rings. The number of nitrogens with zero attached hydrogens (tertiary/aromatic N) is 4. The molecule has 1 amide bonds. The van der Waals surface area contributed by atoms with Crippen molar-refractivity contribution in [2.24, 2.45) is 9.98 Å². The molecule has 2 unspecified atom stereocenters. The molecule has 1 saturated heterocycles. The zero-order chi connectivity index (χ0) is 27.4. The van der Waals surface area contributed by atoms with Gasteiger partial charge in [0.25, 0.3) is 5.91 Å². The molecule has 5 rings (SSSR count). The van der Waals surface area contributed by atoms with Gasteiger partial charge in [0.15, 0.2) is 0 Å². The molecule has 39 heavy (non-hydrogen) atoms. The highest BCUT2D eigenvalue weighted by atomic mass is 35.5. The van der Waals surface area contributed by atoms with E-state index >= 15 is 0 Å². The van der Waals surface area contributed by atoms with Crippen molar-refractivity contribution in [3.63, 3.8) is 0 Å². The number of para-hydroxylation sites is 1. The molecular weight excluding hydrogens is 512 g/mol. The van der Waals surface area contributed by atoms with Gasteiger partial charge in [-0.3, -0.25) is 19.6 Å². The van der Waals surface area contributed by atoms with Crippen LogP contribution in [0.25, 0.3) is 0 Å². The molecule has 1 aliphatic carbocycles. The second kappa shape index (κ2) is 12.0. The van der Waals surface area contributed by atoms with Crippen molar-refractivity contribution in [3.05, 3.63) is 88.5 Å². The number of unbranched alkanes of at least 4 members (excludes halogenated alkanes) is 1. The summed E-state index contributed by atoms with van der Waals surface area (Å²) in [5.41, 5.74) is 5.71. The number of amides is 1. The molecule has 0 radical (unpaired) electrons.